The Morgan fingerprint density at radius 2 is 1.82 bits per heavy atom. The lowest BCUT2D eigenvalue weighted by Gasteiger charge is -2.31. The fraction of sp³-hybridized carbons (Fsp3) is 0.174. The fourth-order valence-electron chi connectivity index (χ4n) is 3.95. The van der Waals surface area contributed by atoms with Crippen molar-refractivity contribution in [2.75, 3.05) is 19.1 Å². The molecule has 5 nitrogen and oxygen atoms in total. The summed E-state index contributed by atoms with van der Waals surface area (Å²) in [5, 5.41) is 0. The van der Waals surface area contributed by atoms with Crippen LogP contribution in [-0.4, -0.2) is 23.6 Å². The number of nitrogens with zero attached hydrogens (tertiary/aromatic N) is 3. The molecule has 0 amide bonds. The molecule has 5 rings (SSSR count). The molecule has 0 aliphatic carbocycles. The van der Waals surface area contributed by atoms with Crippen molar-refractivity contribution in [3.8, 4) is 22.8 Å². The molecule has 0 atom stereocenters. The van der Waals surface area contributed by atoms with Crippen LogP contribution in [0.1, 0.15) is 11.1 Å². The van der Waals surface area contributed by atoms with Gasteiger partial charge in [0.05, 0.1) is 14.2 Å². The van der Waals surface area contributed by atoms with Crippen molar-refractivity contribution >= 4 is 11.5 Å². The van der Waals surface area contributed by atoms with Gasteiger partial charge in [-0.05, 0) is 29.8 Å². The van der Waals surface area contributed by atoms with Gasteiger partial charge in [-0.25, -0.2) is 4.98 Å². The summed E-state index contributed by atoms with van der Waals surface area (Å²) in [6.45, 7) is 1.54. The molecule has 2 aromatic heterocycles. The van der Waals surface area contributed by atoms with E-state index in [2.05, 4.69) is 45.8 Å². The van der Waals surface area contributed by atoms with Gasteiger partial charge in [0.25, 0.3) is 0 Å². The van der Waals surface area contributed by atoms with Gasteiger partial charge < -0.3 is 14.4 Å². The minimum absolute atomic E-state index is 0.719. The molecule has 140 valence electrons. The zero-order chi connectivity index (χ0) is 19.1. The second-order valence-electron chi connectivity index (χ2n) is 6.90. The molecule has 0 bridgehead atoms. The average molecular weight is 371 g/mol. The minimum atomic E-state index is 0.719. The molecule has 0 unspecified atom stereocenters. The molecule has 3 heterocycles. The zero-order valence-corrected chi connectivity index (χ0v) is 15.9. The van der Waals surface area contributed by atoms with E-state index in [1.807, 2.05) is 30.3 Å². The van der Waals surface area contributed by atoms with Gasteiger partial charge in [-0.1, -0.05) is 30.3 Å². The van der Waals surface area contributed by atoms with Gasteiger partial charge >= 0.3 is 0 Å². The zero-order valence-electron chi connectivity index (χ0n) is 15.9. The van der Waals surface area contributed by atoms with Crippen molar-refractivity contribution in [1.29, 1.82) is 0 Å². The highest BCUT2D eigenvalue weighted by Gasteiger charge is 2.27. The molecular formula is C23H21N3O2. The minimum Gasteiger partial charge on any atom is -0.497 e. The van der Waals surface area contributed by atoms with Gasteiger partial charge in [0.1, 0.15) is 28.7 Å². The van der Waals surface area contributed by atoms with Gasteiger partial charge in [-0.2, -0.15) is 0 Å². The molecule has 4 aromatic rings. The quantitative estimate of drug-likeness (QED) is 0.528. The van der Waals surface area contributed by atoms with Gasteiger partial charge in [0.15, 0.2) is 0 Å². The Labute approximate surface area is 163 Å². The van der Waals surface area contributed by atoms with Crippen molar-refractivity contribution < 1.29 is 9.47 Å². The average Bonchev–Trinajstić information content (AvgIpc) is 3.14. The lowest BCUT2D eigenvalue weighted by molar-refractivity contribution is 0.390. The van der Waals surface area contributed by atoms with E-state index in [1.54, 1.807) is 14.2 Å². The molecule has 2 aromatic carbocycles. The van der Waals surface area contributed by atoms with E-state index in [-0.39, 0.29) is 0 Å². The van der Waals surface area contributed by atoms with Crippen LogP contribution in [0.4, 0.5) is 5.82 Å². The van der Waals surface area contributed by atoms with Crippen LogP contribution in [0.2, 0.25) is 0 Å². The summed E-state index contributed by atoms with van der Waals surface area (Å²) in [4.78, 5) is 7.29. The highest BCUT2D eigenvalue weighted by atomic mass is 16.5. The number of hydrogen-bond acceptors (Lipinski definition) is 4. The topological polar surface area (TPSA) is 39.0 Å². The highest BCUT2D eigenvalue weighted by molar-refractivity contribution is 5.82. The number of methoxy groups -OCH3 is 2. The SMILES string of the molecule is COc1ccc(CN2Cc3ccccc3-c3nc4ccccn4c32)c(OC)c1. The van der Waals surface area contributed by atoms with Gasteiger partial charge in [0.2, 0.25) is 0 Å². The normalized spacial score (nSPS) is 12.6. The van der Waals surface area contributed by atoms with E-state index in [0.29, 0.717) is 0 Å². The standard InChI is InChI=1S/C23H21N3O2/c1-27-18-11-10-17(20(13-18)28-2)15-25-14-16-7-3-4-8-19(16)22-23(25)26-12-6-5-9-21(26)24-22/h3-13H,14-15H2,1-2H3. The smallest absolute Gasteiger partial charge is 0.142 e. The first-order chi connectivity index (χ1) is 13.8. The number of ether oxygens (including phenoxy) is 2. The fourth-order valence-corrected chi connectivity index (χ4v) is 3.95. The molecule has 1 aliphatic heterocycles. The summed E-state index contributed by atoms with van der Waals surface area (Å²) >= 11 is 0. The predicted octanol–water partition coefficient (Wildman–Crippen LogP) is 4.54. The summed E-state index contributed by atoms with van der Waals surface area (Å²) in [5.41, 5.74) is 5.58. The molecule has 1 aliphatic rings. The van der Waals surface area contributed by atoms with Crippen molar-refractivity contribution in [3.63, 3.8) is 0 Å². The van der Waals surface area contributed by atoms with Crippen molar-refractivity contribution in [1.82, 2.24) is 9.38 Å². The van der Waals surface area contributed by atoms with Crippen LogP contribution < -0.4 is 14.4 Å². The molecule has 0 spiro atoms. The van der Waals surface area contributed by atoms with Crippen molar-refractivity contribution in [3.05, 3.63) is 78.0 Å². The Hall–Kier alpha value is -3.47. The summed E-state index contributed by atoms with van der Waals surface area (Å²) in [7, 11) is 3.37. The molecular weight excluding hydrogens is 350 g/mol. The number of aromatic nitrogens is 2. The predicted molar refractivity (Wildman–Crippen MR) is 110 cm³/mol. The van der Waals surface area contributed by atoms with Crippen LogP contribution in [0.3, 0.4) is 0 Å². The first-order valence-corrected chi connectivity index (χ1v) is 9.29. The summed E-state index contributed by atoms with van der Waals surface area (Å²) in [6, 6.07) is 20.6. The number of imidazole rings is 1. The monoisotopic (exact) mass is 371 g/mol. The molecule has 0 saturated heterocycles. The Morgan fingerprint density at radius 3 is 2.68 bits per heavy atom. The molecule has 0 fully saturated rings. The van der Waals surface area contributed by atoms with Crippen molar-refractivity contribution in [2.24, 2.45) is 0 Å². The Balaban J connectivity index is 1.64. The van der Waals surface area contributed by atoms with Gasteiger partial charge in [-0.3, -0.25) is 4.40 Å². The third-order valence-electron chi connectivity index (χ3n) is 5.29. The largest absolute Gasteiger partial charge is 0.497 e. The van der Waals surface area contributed by atoms with Crippen LogP contribution in [0.5, 0.6) is 11.5 Å². The van der Waals surface area contributed by atoms with E-state index >= 15 is 0 Å². The van der Waals surface area contributed by atoms with Crippen LogP contribution >= 0.6 is 0 Å². The Kier molecular flexibility index (Phi) is 3.93. The number of anilines is 1. The van der Waals surface area contributed by atoms with E-state index in [1.165, 1.54) is 11.1 Å². The lowest BCUT2D eigenvalue weighted by Crippen LogP contribution is -2.27. The Bertz CT molecular complexity index is 1170. The molecule has 0 N–H and O–H groups in total. The van der Waals surface area contributed by atoms with E-state index in [0.717, 1.165) is 47.3 Å². The van der Waals surface area contributed by atoms with E-state index in [4.69, 9.17) is 14.5 Å². The highest BCUT2D eigenvalue weighted by Crippen LogP contribution is 2.40. The maximum atomic E-state index is 5.63. The second-order valence-corrected chi connectivity index (χ2v) is 6.90. The number of pyridine rings is 1. The third-order valence-corrected chi connectivity index (χ3v) is 5.29. The van der Waals surface area contributed by atoms with E-state index in [9.17, 15) is 0 Å². The Morgan fingerprint density at radius 1 is 0.964 bits per heavy atom. The first-order valence-electron chi connectivity index (χ1n) is 9.29. The van der Waals surface area contributed by atoms with E-state index < -0.39 is 0 Å². The third kappa shape index (κ3) is 2.59. The first kappa shape index (κ1) is 16.7. The molecule has 0 radical (unpaired) electrons. The molecule has 5 heteroatoms. The molecule has 28 heavy (non-hydrogen) atoms. The number of hydrogen-bond donors (Lipinski definition) is 0. The summed E-state index contributed by atoms with van der Waals surface area (Å²) in [6.07, 6.45) is 2.08. The maximum absolute atomic E-state index is 5.63. The summed E-state index contributed by atoms with van der Waals surface area (Å²) in [5.74, 6) is 2.74. The van der Waals surface area contributed by atoms with Crippen LogP contribution in [0.25, 0.3) is 16.9 Å². The molecule has 0 saturated carbocycles. The van der Waals surface area contributed by atoms with Crippen LogP contribution in [0.15, 0.2) is 66.9 Å². The van der Waals surface area contributed by atoms with Gasteiger partial charge in [-0.15, -0.1) is 0 Å². The van der Waals surface area contributed by atoms with Gasteiger partial charge in [0, 0.05) is 36.5 Å². The maximum Gasteiger partial charge on any atom is 0.142 e. The number of benzene rings is 2. The lowest BCUT2D eigenvalue weighted by atomic mass is 9.99. The van der Waals surface area contributed by atoms with Crippen LogP contribution in [-0.2, 0) is 13.1 Å². The number of fused-ring (bicyclic) bond motifs is 5. The number of rotatable bonds is 4. The van der Waals surface area contributed by atoms with Crippen LogP contribution in [0, 0.1) is 0 Å². The van der Waals surface area contributed by atoms with Crippen molar-refractivity contribution in [2.45, 2.75) is 13.1 Å². The second kappa shape index (κ2) is 6.60. The summed E-state index contributed by atoms with van der Waals surface area (Å²) < 4.78 is 13.1.